The van der Waals surface area contributed by atoms with Gasteiger partial charge in [-0.2, -0.15) is 0 Å². The molecule has 1 aliphatic rings. The molecule has 0 spiro atoms. The topological polar surface area (TPSA) is 0 Å². The Hall–Kier alpha value is 0.0382. The van der Waals surface area contributed by atoms with Gasteiger partial charge in [0.05, 0.1) is 0 Å². The van der Waals surface area contributed by atoms with E-state index in [4.69, 9.17) is 0 Å². The molecule has 1 aromatic carbocycles. The van der Waals surface area contributed by atoms with E-state index in [1.54, 1.807) is 17.8 Å². The van der Waals surface area contributed by atoms with Crippen LogP contribution in [0.1, 0.15) is 50.3 Å². The third-order valence-corrected chi connectivity index (χ3v) is 11.6. The van der Waals surface area contributed by atoms with Gasteiger partial charge in [0.1, 0.15) is 0 Å². The van der Waals surface area contributed by atoms with Crippen LogP contribution in [0.4, 0.5) is 0 Å². The van der Waals surface area contributed by atoms with Crippen molar-refractivity contribution in [3.05, 3.63) is 28.8 Å². The Kier molecular flexibility index (Phi) is 3.93. The number of rotatable bonds is 1. The maximum atomic E-state index is 2.57. The van der Waals surface area contributed by atoms with Crippen molar-refractivity contribution in [3.8, 4) is 0 Å². The fourth-order valence-electron chi connectivity index (χ4n) is 2.78. The number of hydrogen-bond acceptors (Lipinski definition) is 0. The van der Waals surface area contributed by atoms with Crippen LogP contribution in [-0.2, 0) is 5.41 Å². The van der Waals surface area contributed by atoms with Crippen LogP contribution in [0.25, 0.3) is 0 Å². The first-order valence-electron chi connectivity index (χ1n) is 6.76. The maximum absolute atomic E-state index is 2.57. The first-order valence-corrected chi connectivity index (χ1v) is 11.6. The summed E-state index contributed by atoms with van der Waals surface area (Å²) in [6, 6.07) is 5.08. The monoisotopic (exact) mass is 338 g/mol. The Balaban J connectivity index is 2.45. The van der Waals surface area contributed by atoms with E-state index in [-0.39, 0.29) is 0 Å². The third-order valence-electron chi connectivity index (χ3n) is 3.93. The number of benzene rings is 1. The van der Waals surface area contributed by atoms with Crippen LogP contribution in [0.15, 0.2) is 12.1 Å². The molecule has 1 saturated heterocycles. The molecule has 1 fully saturated rings. The van der Waals surface area contributed by atoms with Gasteiger partial charge in [0.2, 0.25) is 0 Å². The molecule has 1 aliphatic heterocycles. The molecule has 0 bridgehead atoms. The van der Waals surface area contributed by atoms with Gasteiger partial charge in [-0.1, -0.05) is 0 Å². The van der Waals surface area contributed by atoms with Gasteiger partial charge in [-0.3, -0.25) is 0 Å². The molecule has 0 unspecified atom stereocenters. The van der Waals surface area contributed by atoms with E-state index < -0.39 is 20.2 Å². The van der Waals surface area contributed by atoms with Crippen molar-refractivity contribution in [2.24, 2.45) is 0 Å². The average Bonchev–Trinajstić information content (AvgIpc) is 2.73. The standard InChI is InChI=1S/C12H17.C4H8.Sb/c1-9-7-6-8-11(10(9)2)12(3,4)5;1-3-4-2;/h7-8H,1-5H3;1-4H2;. The van der Waals surface area contributed by atoms with Gasteiger partial charge < -0.3 is 0 Å². The van der Waals surface area contributed by atoms with Crippen LogP contribution in [-0.4, -0.2) is 20.2 Å². The van der Waals surface area contributed by atoms with Crippen LogP contribution >= 0.6 is 0 Å². The van der Waals surface area contributed by atoms with Crippen LogP contribution in [0.2, 0.25) is 8.73 Å². The molecule has 0 atom stereocenters. The quantitative estimate of drug-likeness (QED) is 0.676. The second-order valence-corrected chi connectivity index (χ2v) is 13.5. The first-order chi connectivity index (χ1) is 7.89. The summed E-state index contributed by atoms with van der Waals surface area (Å²) in [5.41, 5.74) is 4.92. The average molecular weight is 339 g/mol. The van der Waals surface area contributed by atoms with Crippen molar-refractivity contribution in [3.63, 3.8) is 0 Å². The zero-order valence-corrected chi connectivity index (χ0v) is 14.5. The second-order valence-electron chi connectivity index (χ2n) is 6.38. The molecule has 0 radical (unpaired) electrons. The molecule has 0 aliphatic carbocycles. The van der Waals surface area contributed by atoms with Crippen molar-refractivity contribution in [1.82, 2.24) is 0 Å². The predicted octanol–water partition coefficient (Wildman–Crippen LogP) is 4.10. The molecule has 0 N–H and O–H groups in total. The summed E-state index contributed by atoms with van der Waals surface area (Å²) >= 11 is -1.04. The molecular weight excluding hydrogens is 314 g/mol. The zero-order chi connectivity index (χ0) is 12.6. The summed E-state index contributed by atoms with van der Waals surface area (Å²) in [6.45, 7) is 11.6. The van der Waals surface area contributed by atoms with E-state index in [0.717, 1.165) is 0 Å². The molecular formula is C16H25Sb. The second kappa shape index (κ2) is 4.96. The Morgan fingerprint density at radius 1 is 1.00 bits per heavy atom. The normalized spacial score (nSPS) is 17.7. The van der Waals surface area contributed by atoms with Gasteiger partial charge in [-0.05, 0) is 0 Å². The van der Waals surface area contributed by atoms with Crippen molar-refractivity contribution in [1.29, 1.82) is 0 Å². The minimum atomic E-state index is -1.04. The zero-order valence-electron chi connectivity index (χ0n) is 11.9. The molecule has 94 valence electrons. The third kappa shape index (κ3) is 2.90. The van der Waals surface area contributed by atoms with Gasteiger partial charge in [0, 0.05) is 0 Å². The molecule has 1 aromatic rings. The summed E-state index contributed by atoms with van der Waals surface area (Å²) in [7, 11) is 0. The predicted molar refractivity (Wildman–Crippen MR) is 78.9 cm³/mol. The van der Waals surface area contributed by atoms with Crippen LogP contribution in [0, 0.1) is 13.8 Å². The van der Waals surface area contributed by atoms with Crippen molar-refractivity contribution in [2.45, 2.75) is 61.6 Å². The Bertz CT molecular complexity index is 406. The summed E-state index contributed by atoms with van der Waals surface area (Å²) < 4.78 is 4.93. The van der Waals surface area contributed by atoms with Gasteiger partial charge in [0.25, 0.3) is 0 Å². The van der Waals surface area contributed by atoms with Crippen LogP contribution in [0.3, 0.4) is 0 Å². The van der Waals surface area contributed by atoms with Crippen LogP contribution in [0.5, 0.6) is 0 Å². The van der Waals surface area contributed by atoms with Gasteiger partial charge in [-0.15, -0.1) is 0 Å². The molecule has 2 rings (SSSR count). The summed E-state index contributed by atoms with van der Waals surface area (Å²) in [6.07, 6.45) is 3.00. The van der Waals surface area contributed by atoms with Crippen molar-refractivity contribution in [2.75, 3.05) is 0 Å². The summed E-state index contributed by atoms with van der Waals surface area (Å²) in [4.78, 5) is 0. The molecule has 17 heavy (non-hydrogen) atoms. The molecule has 1 heterocycles. The number of hydrogen-bond donors (Lipinski definition) is 0. The van der Waals surface area contributed by atoms with E-state index in [2.05, 4.69) is 46.8 Å². The molecule has 0 nitrogen and oxygen atoms in total. The van der Waals surface area contributed by atoms with Crippen molar-refractivity contribution >= 4 is 23.7 Å². The fraction of sp³-hybridized carbons (Fsp3) is 0.625. The Morgan fingerprint density at radius 2 is 1.59 bits per heavy atom. The van der Waals surface area contributed by atoms with Gasteiger partial charge in [0.15, 0.2) is 0 Å². The van der Waals surface area contributed by atoms with E-state index in [9.17, 15) is 0 Å². The summed E-state index contributed by atoms with van der Waals surface area (Å²) in [5, 5.41) is 0. The SMILES string of the molecule is Cc1c[c]([Sb]2[CH2]CC[CH2]2)cc(C(C)(C)C)c1C. The van der Waals surface area contributed by atoms with E-state index in [1.807, 2.05) is 0 Å². The molecule has 0 amide bonds. The molecule has 0 aromatic heterocycles. The Morgan fingerprint density at radius 3 is 2.12 bits per heavy atom. The number of aryl methyl sites for hydroxylation is 1. The van der Waals surface area contributed by atoms with E-state index in [0.29, 0.717) is 5.41 Å². The molecule has 0 saturated carbocycles. The Labute approximate surface area is 114 Å². The van der Waals surface area contributed by atoms with E-state index in [1.165, 1.54) is 24.0 Å². The summed E-state index contributed by atoms with van der Waals surface area (Å²) in [5.74, 6) is 0. The minimum absolute atomic E-state index is 0.297. The fourth-order valence-corrected chi connectivity index (χ4v) is 10.3. The van der Waals surface area contributed by atoms with Gasteiger partial charge >= 0.3 is 114 Å². The van der Waals surface area contributed by atoms with E-state index >= 15 is 0 Å². The van der Waals surface area contributed by atoms with Crippen molar-refractivity contribution < 1.29 is 0 Å². The molecule has 1 heteroatoms. The first kappa shape index (κ1) is 13.5. The van der Waals surface area contributed by atoms with Crippen LogP contribution < -0.4 is 3.51 Å². The van der Waals surface area contributed by atoms with Gasteiger partial charge in [-0.25, -0.2) is 0 Å².